The van der Waals surface area contributed by atoms with Gasteiger partial charge in [0.25, 0.3) is 15.6 Å². The molecule has 0 radical (unpaired) electrons. The Balaban J connectivity index is 1.29. The van der Waals surface area contributed by atoms with Gasteiger partial charge in [0.05, 0.1) is 33.8 Å². The Bertz CT molecular complexity index is 2160. The van der Waals surface area contributed by atoms with Crippen LogP contribution in [0.5, 0.6) is 0 Å². The van der Waals surface area contributed by atoms with Gasteiger partial charge in [-0.15, -0.1) is 0 Å². The molecule has 0 spiro atoms. The van der Waals surface area contributed by atoms with Gasteiger partial charge < -0.3 is 69.0 Å². The second kappa shape index (κ2) is 30.2. The number of nitrogens with two attached hydrogens (primary N) is 1. The Morgan fingerprint density at radius 2 is 1.53 bits per heavy atom. The van der Waals surface area contributed by atoms with Crippen molar-refractivity contribution in [2.24, 2.45) is 5.41 Å². The van der Waals surface area contributed by atoms with Crippen LogP contribution >= 0.6 is 35.2 Å². The number of amides is 2. The van der Waals surface area contributed by atoms with Crippen LogP contribution in [-0.4, -0.2) is 109 Å². The van der Waals surface area contributed by atoms with Crippen LogP contribution in [0.25, 0.3) is 11.2 Å². The van der Waals surface area contributed by atoms with Crippen LogP contribution in [0.4, 0.5) is 5.82 Å². The number of Topliss-reactive ketones (excluding diaryl/α,β-unsaturated/α-hetero) is 1. The number of nitrogens with zero attached hydrogens (tertiary/aromatic N) is 4. The van der Waals surface area contributed by atoms with Crippen molar-refractivity contribution in [3.63, 3.8) is 0 Å². The number of phosphoric ester groups is 3. The molecule has 0 aromatic carbocycles. The van der Waals surface area contributed by atoms with Crippen LogP contribution < -0.4 is 35.9 Å². The van der Waals surface area contributed by atoms with Crippen LogP contribution in [0.2, 0.25) is 0 Å². The summed E-state index contributed by atoms with van der Waals surface area (Å²) in [5.74, 6) is -1.53. The van der Waals surface area contributed by atoms with Gasteiger partial charge in [0.15, 0.2) is 22.8 Å². The van der Waals surface area contributed by atoms with Gasteiger partial charge in [0.1, 0.15) is 42.0 Å². The second-order valence-electron chi connectivity index (χ2n) is 17.3. The molecule has 6 N–H and O–H groups in total. The fraction of sp³-hybridized carbons (Fsp3) is 0.732. The van der Waals surface area contributed by atoms with Crippen molar-refractivity contribution in [1.82, 2.24) is 30.2 Å². The summed E-state index contributed by atoms with van der Waals surface area (Å²) in [5, 5.41) is 26.0. The van der Waals surface area contributed by atoms with E-state index in [1.54, 1.807) is 0 Å². The Kier molecular flexibility index (Phi) is 26.5. The number of ether oxygens (including phenoxy) is 1. The van der Waals surface area contributed by atoms with Crippen molar-refractivity contribution in [3.8, 4) is 0 Å². The number of hydrogen-bond acceptors (Lipinski definition) is 23. The molecule has 70 heavy (non-hydrogen) atoms. The number of imidazole rings is 1. The highest BCUT2D eigenvalue weighted by molar-refractivity contribution is 8.13. The standard InChI is InChI=1S/C41H70N7O18P3S/c1-4-5-6-7-8-9-10-11-12-13-14-15-16-17-18-19-29(49)24-32(51)70-23-22-43-31(50)20-21-44-39(54)36(53)41(2,3)26-63-69(60,61)66-68(58,59)62-25-30-35(65-67(55,56)57)34(52)40(64-30)48-28-47-33-37(42)45-27-46-38(33)48/h11-12,27-28,30,34-36,40,52-53H,4-10,13-26H2,1-3H3,(H,43,50)(H,44,54)(H,58,59)(H,60,61)(H2,42,45,46)(H2,55,56,57)/p-4/b12-11-/t30-,34-,35-,36+,40-/m1/s1. The highest BCUT2D eigenvalue weighted by Crippen LogP contribution is 2.56. The van der Waals surface area contributed by atoms with E-state index in [0.717, 1.165) is 73.9 Å². The topological polar surface area (TPSA) is 392 Å². The van der Waals surface area contributed by atoms with Gasteiger partial charge >= 0.3 is 0 Å². The van der Waals surface area contributed by atoms with Crippen LogP contribution in [0, 0.1) is 5.41 Å². The zero-order valence-corrected chi connectivity index (χ0v) is 43.1. The maximum absolute atomic E-state index is 12.6. The fourth-order valence-corrected chi connectivity index (χ4v) is 10.4. The summed E-state index contributed by atoms with van der Waals surface area (Å²) in [7, 11) is -17.7. The molecule has 1 aliphatic heterocycles. The second-order valence-corrected chi connectivity index (χ2v) is 22.5. The minimum atomic E-state index is -5.94. The summed E-state index contributed by atoms with van der Waals surface area (Å²) in [6.07, 6.45) is 11.9. The van der Waals surface area contributed by atoms with Crippen molar-refractivity contribution in [2.45, 2.75) is 154 Å². The fourth-order valence-electron chi connectivity index (χ4n) is 6.97. The molecule has 2 aromatic rings. The zero-order chi connectivity index (χ0) is 52.0. The quantitative estimate of drug-likeness (QED) is 0.0282. The van der Waals surface area contributed by atoms with Crippen molar-refractivity contribution in [2.75, 3.05) is 37.8 Å². The molecule has 1 aliphatic rings. The van der Waals surface area contributed by atoms with Gasteiger partial charge in [-0.2, -0.15) is 0 Å². The Hall–Kier alpha value is -3.03. The van der Waals surface area contributed by atoms with Gasteiger partial charge in [-0.05, 0) is 32.1 Å². The third-order valence-corrected chi connectivity index (χ3v) is 14.7. The molecule has 398 valence electrons. The molecule has 1 saturated heterocycles. The van der Waals surface area contributed by atoms with E-state index in [1.807, 2.05) is 0 Å². The average molecular weight is 1070 g/mol. The highest BCUT2D eigenvalue weighted by Gasteiger charge is 2.47. The Morgan fingerprint density at radius 1 is 0.900 bits per heavy atom. The first kappa shape index (κ1) is 61.3. The predicted molar refractivity (Wildman–Crippen MR) is 247 cm³/mol. The van der Waals surface area contributed by atoms with Gasteiger partial charge in [-0.1, -0.05) is 96.1 Å². The molecule has 2 aromatic heterocycles. The molecule has 0 saturated carbocycles. The van der Waals surface area contributed by atoms with Gasteiger partial charge in [-0.3, -0.25) is 32.9 Å². The lowest BCUT2D eigenvalue weighted by molar-refractivity contribution is -0.347. The number of aromatic nitrogens is 4. The normalized spacial score (nSPS) is 19.8. The predicted octanol–water partition coefficient (Wildman–Crippen LogP) is 2.13. The number of aliphatic hydroxyl groups is 2. The third kappa shape index (κ3) is 22.8. The molecule has 1 fully saturated rings. The van der Waals surface area contributed by atoms with E-state index in [1.165, 1.54) is 52.4 Å². The van der Waals surface area contributed by atoms with E-state index in [4.69, 9.17) is 10.5 Å². The number of carbonyl (C=O) groups is 4. The number of thioether (sulfide) groups is 1. The molecular formula is C41H66N7O18P3S-4. The summed E-state index contributed by atoms with van der Waals surface area (Å²) >= 11 is 0.923. The molecular weight excluding hydrogens is 1000 g/mol. The lowest BCUT2D eigenvalue weighted by atomic mass is 9.87. The number of anilines is 1. The number of ketones is 1. The van der Waals surface area contributed by atoms with E-state index >= 15 is 0 Å². The molecule has 2 amide bonds. The van der Waals surface area contributed by atoms with E-state index in [9.17, 15) is 62.7 Å². The van der Waals surface area contributed by atoms with Crippen molar-refractivity contribution in [3.05, 3.63) is 24.8 Å². The number of allylic oxidation sites excluding steroid dienone is 2. The number of unbranched alkanes of at least 4 members (excludes halogenated alkanes) is 11. The van der Waals surface area contributed by atoms with Crippen LogP contribution in [0.1, 0.15) is 130 Å². The van der Waals surface area contributed by atoms with E-state index < -0.39 is 84.6 Å². The molecule has 3 rings (SSSR count). The Labute approximate surface area is 411 Å². The summed E-state index contributed by atoms with van der Waals surface area (Å²) in [4.78, 5) is 109. The molecule has 0 bridgehead atoms. The van der Waals surface area contributed by atoms with E-state index in [-0.39, 0.29) is 59.6 Å². The number of rotatable bonds is 36. The van der Waals surface area contributed by atoms with Crippen LogP contribution in [0.3, 0.4) is 0 Å². The molecule has 29 heteroatoms. The zero-order valence-electron chi connectivity index (χ0n) is 39.6. The van der Waals surface area contributed by atoms with Crippen molar-refractivity contribution >= 4 is 74.9 Å². The van der Waals surface area contributed by atoms with Gasteiger partial charge in [0.2, 0.25) is 11.8 Å². The van der Waals surface area contributed by atoms with E-state index in [2.05, 4.69) is 62.5 Å². The maximum Gasteiger partial charge on any atom is 0.274 e. The number of nitrogens with one attached hydrogen (secondary N) is 2. The lowest BCUT2D eigenvalue weighted by Crippen LogP contribution is -2.46. The lowest BCUT2D eigenvalue weighted by Gasteiger charge is -2.36. The maximum atomic E-state index is 12.6. The Morgan fingerprint density at radius 3 is 2.19 bits per heavy atom. The number of aliphatic hydroxyl groups excluding tert-OH is 2. The molecule has 7 atom stereocenters. The molecule has 25 nitrogen and oxygen atoms in total. The smallest absolute Gasteiger partial charge is 0.274 e. The first-order valence-electron chi connectivity index (χ1n) is 23.1. The minimum absolute atomic E-state index is 0.0260. The average Bonchev–Trinajstić information content (AvgIpc) is 3.84. The van der Waals surface area contributed by atoms with Crippen LogP contribution in [0.15, 0.2) is 24.8 Å². The monoisotopic (exact) mass is 1070 g/mol. The highest BCUT2D eigenvalue weighted by atomic mass is 32.2. The first-order chi connectivity index (χ1) is 32.9. The summed E-state index contributed by atoms with van der Waals surface area (Å²) < 4.78 is 60.8. The molecule has 3 heterocycles. The summed E-state index contributed by atoms with van der Waals surface area (Å²) in [6, 6.07) is 0. The van der Waals surface area contributed by atoms with Gasteiger partial charge in [0, 0.05) is 37.1 Å². The molecule has 0 aliphatic carbocycles. The van der Waals surface area contributed by atoms with Gasteiger partial charge in [-0.25, -0.2) is 19.3 Å². The summed E-state index contributed by atoms with van der Waals surface area (Å²) in [5.41, 5.74) is 4.05. The SMILES string of the molecule is CCCCCCCC/C=C\CCCCCCCC(=O)CC(=O)SCCNC(=O)CCNC(=O)[C@H](O)C(C)(C)COP(=O)([O-])OP(=O)([O-])OC[C@H]1O[C@@H](n2cnc3c(N)ncnc32)[C@H](O)[C@@H]1OP(=O)([O-])[O-]. The van der Waals surface area contributed by atoms with E-state index in [0.29, 0.717) is 6.42 Å². The first-order valence-corrected chi connectivity index (χ1v) is 28.5. The number of carbonyl (C=O) groups excluding carboxylic acids is 4. The number of nitrogen functional groups attached to an aromatic ring is 1. The molecule has 2 unspecified atom stereocenters. The minimum Gasteiger partial charge on any atom is -0.790 e. The number of fused-ring (bicyclic) bond motifs is 1. The van der Waals surface area contributed by atoms with Crippen molar-refractivity contribution < 1.29 is 85.3 Å². The van der Waals surface area contributed by atoms with Crippen molar-refractivity contribution in [1.29, 1.82) is 0 Å². The number of hydrogen-bond donors (Lipinski definition) is 5. The third-order valence-electron chi connectivity index (χ3n) is 10.8. The largest absolute Gasteiger partial charge is 0.790 e. The summed E-state index contributed by atoms with van der Waals surface area (Å²) in [6.45, 7) is 2.16. The van der Waals surface area contributed by atoms with Crippen LogP contribution in [-0.2, 0) is 55.5 Å². The number of phosphoric acid groups is 3.